The number of carbonyl (C=O) groups is 5. The van der Waals surface area contributed by atoms with E-state index in [2.05, 4.69) is 10.6 Å². The van der Waals surface area contributed by atoms with Crippen molar-refractivity contribution in [2.75, 3.05) is 41.9 Å². The van der Waals surface area contributed by atoms with Crippen LogP contribution < -0.4 is 16.1 Å². The van der Waals surface area contributed by atoms with Gasteiger partial charge in [0.1, 0.15) is 6.04 Å². The van der Waals surface area contributed by atoms with E-state index in [1.807, 2.05) is 60.5 Å². The van der Waals surface area contributed by atoms with E-state index in [0.717, 1.165) is 18.9 Å². The standard InChI is InChI=1S/C36H66N6O8/c1-14-23(6)32(41(11)36(47)30(21(2)3)38-35(46)31(22(4)5)40(9)10)27(49-12)20-29(44)42-19-15-16-26(42)33(50-13)25(8)34(45)37-24(7)17-18-28(43)39-48/h17-18,21-27,30-33,48H,14-16,19-20H2,1-13H3,(H,37,45)(H,38,46)(H,39,43)/b18-17+/t23-,24-,25+,26-,27+,30-,31-,32-,33+/m0/s1. The first-order valence-corrected chi connectivity index (χ1v) is 17.9. The van der Waals surface area contributed by atoms with Gasteiger partial charge in [-0.2, -0.15) is 0 Å². The van der Waals surface area contributed by atoms with Crippen LogP contribution in [0.4, 0.5) is 0 Å². The molecule has 0 aromatic heterocycles. The number of nitrogens with zero attached hydrogens (tertiary/aromatic N) is 3. The molecule has 0 saturated carbocycles. The van der Waals surface area contributed by atoms with Crippen LogP contribution in [0.3, 0.4) is 0 Å². The summed E-state index contributed by atoms with van der Waals surface area (Å²) >= 11 is 0. The highest BCUT2D eigenvalue weighted by Gasteiger charge is 2.43. The monoisotopic (exact) mass is 710 g/mol. The van der Waals surface area contributed by atoms with E-state index in [9.17, 15) is 24.0 Å². The lowest BCUT2D eigenvalue weighted by molar-refractivity contribution is -0.148. The molecule has 0 aromatic rings. The Hall–Kier alpha value is -3.07. The van der Waals surface area contributed by atoms with Gasteiger partial charge in [0.05, 0.1) is 42.7 Å². The molecule has 0 aromatic carbocycles. The van der Waals surface area contributed by atoms with Crippen molar-refractivity contribution < 1.29 is 38.7 Å². The number of hydrogen-bond acceptors (Lipinski definition) is 9. The van der Waals surface area contributed by atoms with Crippen LogP contribution >= 0.6 is 0 Å². The lowest BCUT2D eigenvalue weighted by Crippen LogP contribution is -2.59. The van der Waals surface area contributed by atoms with Gasteiger partial charge in [-0.3, -0.25) is 34.1 Å². The Labute approximate surface area is 300 Å². The van der Waals surface area contributed by atoms with Crippen LogP contribution in [-0.4, -0.2) is 134 Å². The van der Waals surface area contributed by atoms with Crippen molar-refractivity contribution >= 4 is 29.5 Å². The maximum absolute atomic E-state index is 14.1. The zero-order chi connectivity index (χ0) is 38.5. The number of hydrogen-bond donors (Lipinski definition) is 4. The van der Waals surface area contributed by atoms with Gasteiger partial charge in [0.2, 0.25) is 23.6 Å². The molecule has 0 radical (unpaired) electrons. The first-order valence-electron chi connectivity index (χ1n) is 17.9. The molecule has 288 valence electrons. The molecule has 50 heavy (non-hydrogen) atoms. The minimum absolute atomic E-state index is 0.0140. The zero-order valence-corrected chi connectivity index (χ0v) is 32.7. The maximum atomic E-state index is 14.1. The number of rotatable bonds is 20. The van der Waals surface area contributed by atoms with E-state index in [1.165, 1.54) is 18.7 Å². The first-order chi connectivity index (χ1) is 23.4. The van der Waals surface area contributed by atoms with Crippen LogP contribution in [0.25, 0.3) is 0 Å². The number of amides is 5. The molecule has 14 nitrogen and oxygen atoms in total. The Bertz CT molecular complexity index is 1140. The summed E-state index contributed by atoms with van der Waals surface area (Å²) in [5.74, 6) is -2.41. The highest BCUT2D eigenvalue weighted by Crippen LogP contribution is 2.29. The molecule has 0 aliphatic carbocycles. The Morgan fingerprint density at radius 2 is 1.54 bits per heavy atom. The summed E-state index contributed by atoms with van der Waals surface area (Å²) < 4.78 is 11.8. The topological polar surface area (TPSA) is 170 Å². The number of hydroxylamine groups is 1. The van der Waals surface area contributed by atoms with E-state index >= 15 is 0 Å². The summed E-state index contributed by atoms with van der Waals surface area (Å²) in [4.78, 5) is 71.3. The Kier molecular flexibility index (Phi) is 19.2. The van der Waals surface area contributed by atoms with Crippen molar-refractivity contribution in [3.8, 4) is 0 Å². The highest BCUT2D eigenvalue weighted by atomic mass is 16.5. The molecule has 1 fully saturated rings. The molecule has 1 aliphatic heterocycles. The molecule has 1 heterocycles. The number of likely N-dealkylation sites (tertiary alicyclic amines) is 1. The molecular formula is C36H66N6O8. The van der Waals surface area contributed by atoms with E-state index < -0.39 is 48.2 Å². The molecule has 1 rings (SSSR count). The molecule has 1 saturated heterocycles. The van der Waals surface area contributed by atoms with Crippen molar-refractivity contribution in [1.29, 1.82) is 0 Å². The highest BCUT2D eigenvalue weighted by molar-refractivity contribution is 5.90. The lowest BCUT2D eigenvalue weighted by atomic mass is 9.89. The van der Waals surface area contributed by atoms with Gasteiger partial charge in [0.15, 0.2) is 0 Å². The van der Waals surface area contributed by atoms with E-state index in [0.29, 0.717) is 13.0 Å². The van der Waals surface area contributed by atoms with Gasteiger partial charge in [-0.05, 0) is 51.6 Å². The normalized spacial score (nSPS) is 19.9. The van der Waals surface area contributed by atoms with Gasteiger partial charge >= 0.3 is 0 Å². The predicted octanol–water partition coefficient (Wildman–Crippen LogP) is 2.20. The molecule has 14 heteroatoms. The Morgan fingerprint density at radius 1 is 0.920 bits per heavy atom. The maximum Gasteiger partial charge on any atom is 0.267 e. The molecule has 0 spiro atoms. The second kappa shape index (κ2) is 21.3. The van der Waals surface area contributed by atoms with Crippen molar-refractivity contribution in [3.63, 3.8) is 0 Å². The molecular weight excluding hydrogens is 644 g/mol. The third kappa shape index (κ3) is 12.3. The molecule has 0 unspecified atom stereocenters. The molecule has 0 bridgehead atoms. The number of nitrogens with one attached hydrogen (secondary N) is 3. The van der Waals surface area contributed by atoms with Crippen LogP contribution in [0.1, 0.15) is 81.1 Å². The molecule has 9 atom stereocenters. The second-order valence-corrected chi connectivity index (χ2v) is 14.6. The van der Waals surface area contributed by atoms with E-state index in [-0.39, 0.29) is 53.8 Å². The third-order valence-electron chi connectivity index (χ3n) is 9.96. The van der Waals surface area contributed by atoms with Gasteiger partial charge in [0.25, 0.3) is 5.91 Å². The Morgan fingerprint density at radius 3 is 2.02 bits per heavy atom. The summed E-state index contributed by atoms with van der Waals surface area (Å²) in [5, 5.41) is 14.5. The quantitative estimate of drug-likeness (QED) is 0.0841. The van der Waals surface area contributed by atoms with Gasteiger partial charge < -0.3 is 29.9 Å². The largest absolute Gasteiger partial charge is 0.379 e. The van der Waals surface area contributed by atoms with E-state index in [4.69, 9.17) is 14.7 Å². The third-order valence-corrected chi connectivity index (χ3v) is 9.96. The minimum atomic E-state index is -0.767. The predicted molar refractivity (Wildman–Crippen MR) is 192 cm³/mol. The number of carbonyl (C=O) groups excluding carboxylic acids is 5. The van der Waals surface area contributed by atoms with E-state index in [1.54, 1.807) is 37.8 Å². The summed E-state index contributed by atoms with van der Waals surface area (Å²) in [6.07, 6.45) is 3.48. The Balaban J connectivity index is 3.24. The number of methoxy groups -OCH3 is 2. The summed E-state index contributed by atoms with van der Waals surface area (Å²) in [5.41, 5.74) is 1.51. The second-order valence-electron chi connectivity index (χ2n) is 14.6. The smallest absolute Gasteiger partial charge is 0.267 e. The van der Waals surface area contributed by atoms with Crippen LogP contribution in [-0.2, 0) is 33.4 Å². The minimum Gasteiger partial charge on any atom is -0.379 e. The molecule has 1 aliphatic rings. The van der Waals surface area contributed by atoms with Crippen LogP contribution in [0, 0.1) is 23.7 Å². The fraction of sp³-hybridized carbons (Fsp3) is 0.806. The van der Waals surface area contributed by atoms with Crippen LogP contribution in [0.2, 0.25) is 0 Å². The van der Waals surface area contributed by atoms with Crippen LogP contribution in [0.15, 0.2) is 12.2 Å². The first kappa shape index (κ1) is 45.0. The summed E-state index contributed by atoms with van der Waals surface area (Å²) in [7, 11) is 8.48. The van der Waals surface area contributed by atoms with Crippen molar-refractivity contribution in [2.45, 2.75) is 123 Å². The summed E-state index contributed by atoms with van der Waals surface area (Å²) in [6.45, 7) is 15.7. The van der Waals surface area contributed by atoms with Gasteiger partial charge in [-0.15, -0.1) is 0 Å². The average Bonchev–Trinajstić information content (AvgIpc) is 3.54. The lowest BCUT2D eigenvalue weighted by Gasteiger charge is -2.41. The average molecular weight is 711 g/mol. The van der Waals surface area contributed by atoms with Gasteiger partial charge in [-0.1, -0.05) is 61.0 Å². The fourth-order valence-electron chi connectivity index (χ4n) is 7.08. The van der Waals surface area contributed by atoms with Crippen molar-refractivity contribution in [3.05, 3.63) is 12.2 Å². The van der Waals surface area contributed by atoms with Crippen LogP contribution in [0.5, 0.6) is 0 Å². The molecule has 5 amide bonds. The SMILES string of the molecule is CC[C@H](C)[C@@H]([C@@H](CC(=O)N1CCC[C@H]1[C@H](OC)[C@@H](C)C(=O)N[C@@H](C)/C=C/C(=O)NO)OC)N(C)C(=O)[C@@H](NC(=O)[C@H](C(C)C)N(C)C)C(C)C. The van der Waals surface area contributed by atoms with Crippen molar-refractivity contribution in [2.24, 2.45) is 23.7 Å². The van der Waals surface area contributed by atoms with Crippen molar-refractivity contribution in [1.82, 2.24) is 30.8 Å². The molecule has 4 N–H and O–H groups in total. The van der Waals surface area contributed by atoms with Gasteiger partial charge in [0, 0.05) is 39.9 Å². The zero-order valence-electron chi connectivity index (χ0n) is 32.7. The summed E-state index contributed by atoms with van der Waals surface area (Å²) in [6, 6.07) is -2.47. The van der Waals surface area contributed by atoms with Gasteiger partial charge in [-0.25, -0.2) is 5.48 Å². The fourth-order valence-corrected chi connectivity index (χ4v) is 7.08. The number of ether oxygens (including phenoxy) is 2. The number of likely N-dealkylation sites (N-methyl/N-ethyl adjacent to an activating group) is 2.